The maximum Gasteiger partial charge on any atom is 3.00 e. The summed E-state index contributed by atoms with van der Waals surface area (Å²) in [6, 6.07) is 122. The van der Waals surface area contributed by atoms with Crippen molar-refractivity contribution in [2.45, 2.75) is 129 Å². The Balaban J connectivity index is 0. The standard InChI is InChI=1S/4C17H11N.C16H23.C8H7.C6H11.4C3H7.C2H3.4Ni/c4*1-2-7-14(8-3-1)15-9-6-10-16(13-15)17-11-4-5-12-18-17;1-8-12-9-13(15(2,3)4)11-14(10-12)16(5,6)7;1-2-8-6-4-3-5-7-8;1-5-6(2,3)4;4*1-3-2;1-2;;;;/h4*1-7,9-12H;1,8-11H,2-7H3;1-7H;1,5H,2-4H3;4*3H,1-2H3;1H,2H2;;;;/q4*-2;8*-1;4*+3. The Labute approximate surface area is 766 Å². The third-order valence-electron chi connectivity index (χ3n) is 15.3. The van der Waals surface area contributed by atoms with E-state index < -0.39 is 0 Å². The molecule has 10 aromatic carbocycles. The molecule has 4 aromatic heterocycles. The minimum Gasteiger partial charge on any atom is -0.521 e. The van der Waals surface area contributed by atoms with E-state index in [4.69, 9.17) is 19.7 Å². The van der Waals surface area contributed by atoms with E-state index >= 15 is 0 Å². The molecular formula is C112H116N4Ni4-4. The van der Waals surface area contributed by atoms with Gasteiger partial charge in [-0.05, 0) is 35.1 Å². The molecule has 4 radical (unpaired) electrons. The summed E-state index contributed by atoms with van der Waals surface area (Å²) in [5.74, 6) is 0. The summed E-state index contributed by atoms with van der Waals surface area (Å²) in [7, 11) is 0. The van der Waals surface area contributed by atoms with Crippen LogP contribution in [0.15, 0.2) is 329 Å². The van der Waals surface area contributed by atoms with Crippen molar-refractivity contribution >= 4 is 12.2 Å². The van der Waals surface area contributed by atoms with Gasteiger partial charge in [-0.2, -0.15) is 234 Å². The number of hydrogen-bond acceptors (Lipinski definition) is 4. The zero-order valence-electron chi connectivity index (χ0n) is 72.6. The van der Waals surface area contributed by atoms with Crippen LogP contribution in [0.1, 0.15) is 140 Å². The first kappa shape index (κ1) is 112. The summed E-state index contributed by atoms with van der Waals surface area (Å²) >= 11 is 0. The van der Waals surface area contributed by atoms with Crippen molar-refractivity contribution in [1.29, 1.82) is 0 Å². The zero-order valence-corrected chi connectivity index (χ0v) is 76.6. The topological polar surface area (TPSA) is 51.6 Å². The van der Waals surface area contributed by atoms with Crippen molar-refractivity contribution in [3.05, 3.63) is 451 Å². The van der Waals surface area contributed by atoms with E-state index in [1.165, 1.54) is 11.1 Å². The SMILES string of the molecule is C[CH-]C.C[CH-]C.C[CH-]C.C[CH-]C.[CH-]=C.[CH-]=CC(C)(C)C.[CH-]=Cc1cc(C(C)(C)C)cc(C(C)(C)C)c1.[CH-]=Cc1ccccc1.[Ni+3].[Ni+3].[Ni+3].[Ni+3].[c-]1ccccc1-c1[c-]c(-c2ccccn2)ccc1.[c-]1ccccc1-c1[c-]c(-c2ccccn2)ccc1.[c-]1ccccc1-c1[c-]c(-c2ccccn2)ccc1.[c-]1ccccc1-c1[c-]c(-c2ccccn2)ccc1. The fraction of sp³-hybridized carbons (Fsp3) is 0.179. The minimum absolute atomic E-state index is 0. The molecule has 8 heteroatoms. The molecule has 0 atom stereocenters. The number of aromatic nitrogens is 4. The van der Waals surface area contributed by atoms with Gasteiger partial charge < -0.3 is 38.8 Å². The Kier molecular flexibility index (Phi) is 61.1. The first-order chi connectivity index (χ1) is 56.0. The average Bonchev–Trinajstić information content (AvgIpc) is 0.831. The van der Waals surface area contributed by atoms with Crippen LogP contribution in [0.2, 0.25) is 0 Å². The average molecular weight is 1750 g/mol. The quantitative estimate of drug-likeness (QED) is 0.101. The van der Waals surface area contributed by atoms with Gasteiger partial charge in [-0.15, -0.1) is 119 Å². The van der Waals surface area contributed by atoms with Gasteiger partial charge in [0.2, 0.25) is 0 Å². The molecule has 628 valence electrons. The normalized spacial score (nSPS) is 9.57. The molecule has 14 rings (SSSR count). The van der Waals surface area contributed by atoms with Gasteiger partial charge in [0.05, 0.1) is 0 Å². The smallest absolute Gasteiger partial charge is 0.521 e. The maximum atomic E-state index is 5.65. The van der Waals surface area contributed by atoms with Crippen molar-refractivity contribution in [2.24, 2.45) is 5.41 Å². The molecular weight excluding hydrogens is 1640 g/mol. The molecule has 0 fully saturated rings. The predicted octanol–water partition coefficient (Wildman–Crippen LogP) is 30.5. The third kappa shape index (κ3) is 45.2. The summed E-state index contributed by atoms with van der Waals surface area (Å²) in [6.45, 7) is 58.6. The predicted molar refractivity (Wildman–Crippen MR) is 500 cm³/mol. The molecule has 4 nitrogen and oxygen atoms in total. The van der Waals surface area contributed by atoms with Gasteiger partial charge in [0, 0.05) is 47.6 Å². The van der Waals surface area contributed by atoms with Crippen LogP contribution in [0.4, 0.5) is 0 Å². The van der Waals surface area contributed by atoms with Crippen LogP contribution in [0.5, 0.6) is 0 Å². The van der Waals surface area contributed by atoms with Crippen molar-refractivity contribution < 1.29 is 66.0 Å². The molecule has 0 aliphatic heterocycles. The Hall–Kier alpha value is -10.3. The molecule has 0 aliphatic carbocycles. The van der Waals surface area contributed by atoms with E-state index in [1.807, 2.05) is 354 Å². The number of hydrogen-bond donors (Lipinski definition) is 0. The molecule has 0 unspecified atom stereocenters. The summed E-state index contributed by atoms with van der Waals surface area (Å²) in [4.78, 5) is 17.4. The molecule has 0 aliphatic rings. The third-order valence-corrected chi connectivity index (χ3v) is 15.3. The molecule has 14 aromatic rings. The Bertz CT molecular complexity index is 4120. The van der Waals surface area contributed by atoms with Crippen LogP contribution in [0.3, 0.4) is 0 Å². The minimum atomic E-state index is 0. The summed E-state index contributed by atoms with van der Waals surface area (Å²) in [5.41, 5.74) is 21.5. The van der Waals surface area contributed by atoms with Gasteiger partial charge in [-0.1, -0.05) is 152 Å². The van der Waals surface area contributed by atoms with Crippen LogP contribution in [-0.4, -0.2) is 19.9 Å². The molecule has 0 N–H and O–H groups in total. The van der Waals surface area contributed by atoms with Crippen LogP contribution >= 0.6 is 0 Å². The van der Waals surface area contributed by atoms with Crippen molar-refractivity contribution in [2.75, 3.05) is 0 Å². The fourth-order valence-electron chi connectivity index (χ4n) is 9.61. The number of nitrogens with zero attached hydrogens (tertiary/aromatic N) is 4. The van der Waals surface area contributed by atoms with Crippen molar-refractivity contribution in [3.63, 3.8) is 0 Å². The van der Waals surface area contributed by atoms with Gasteiger partial charge in [0.1, 0.15) is 0 Å². The second-order valence-electron chi connectivity index (χ2n) is 28.8. The Morgan fingerprint density at radius 3 is 0.650 bits per heavy atom. The van der Waals surface area contributed by atoms with Crippen LogP contribution in [-0.2, 0) is 76.8 Å². The molecule has 0 spiro atoms. The molecule has 4 heterocycles. The number of benzene rings is 10. The van der Waals surface area contributed by atoms with E-state index in [-0.39, 0.29) is 82.2 Å². The van der Waals surface area contributed by atoms with Gasteiger partial charge in [0.15, 0.2) is 0 Å². The van der Waals surface area contributed by atoms with Gasteiger partial charge >= 0.3 is 66.0 Å². The Morgan fingerprint density at radius 1 is 0.267 bits per heavy atom. The van der Waals surface area contributed by atoms with Gasteiger partial charge in [0.25, 0.3) is 0 Å². The summed E-state index contributed by atoms with van der Waals surface area (Å²) in [5, 5.41) is 0. The van der Waals surface area contributed by atoms with E-state index in [9.17, 15) is 0 Å². The van der Waals surface area contributed by atoms with Gasteiger partial charge in [-0.3, -0.25) is 45.7 Å². The fourth-order valence-corrected chi connectivity index (χ4v) is 9.61. The first-order valence-corrected chi connectivity index (χ1v) is 38.9. The monoisotopic (exact) mass is 1750 g/mol. The number of allylic oxidation sites excluding steroid dienone is 1. The summed E-state index contributed by atoms with van der Waals surface area (Å²) in [6.07, 6.45) is 20.1. The summed E-state index contributed by atoms with van der Waals surface area (Å²) < 4.78 is 0. The number of pyridine rings is 4. The molecule has 120 heavy (non-hydrogen) atoms. The second kappa shape index (κ2) is 65.6. The van der Waals surface area contributed by atoms with Crippen molar-refractivity contribution in [1.82, 2.24) is 19.9 Å². The molecule has 0 bridgehead atoms. The number of rotatable bonds is 10. The van der Waals surface area contributed by atoms with E-state index in [1.54, 1.807) is 43.0 Å². The maximum absolute atomic E-state index is 5.65. The van der Waals surface area contributed by atoms with Crippen LogP contribution < -0.4 is 0 Å². The molecule has 0 amide bonds. The zero-order chi connectivity index (χ0) is 85.3. The van der Waals surface area contributed by atoms with E-state index in [0.29, 0.717) is 0 Å². The largest absolute Gasteiger partial charge is 3.00 e. The second-order valence-corrected chi connectivity index (χ2v) is 28.8. The first-order valence-electron chi connectivity index (χ1n) is 38.9. The van der Waals surface area contributed by atoms with Crippen molar-refractivity contribution in [3.8, 4) is 89.5 Å². The van der Waals surface area contributed by atoms with E-state index in [0.717, 1.165) is 101 Å². The van der Waals surface area contributed by atoms with Crippen LogP contribution in [0, 0.1) is 106 Å². The van der Waals surface area contributed by atoms with Gasteiger partial charge in [-0.25, -0.2) is 34.4 Å². The Morgan fingerprint density at radius 2 is 0.475 bits per heavy atom. The van der Waals surface area contributed by atoms with E-state index in [2.05, 4.69) is 162 Å². The molecule has 0 saturated heterocycles. The van der Waals surface area contributed by atoms with Crippen LogP contribution in [0.25, 0.3) is 102 Å². The molecule has 0 saturated carbocycles.